The Labute approximate surface area is 215 Å². The number of aliphatic hydroxyl groups is 1. The Morgan fingerprint density at radius 2 is 1.72 bits per heavy atom. The maximum absolute atomic E-state index is 12.5. The second-order valence-electron chi connectivity index (χ2n) is 8.90. The van der Waals surface area contributed by atoms with Gasteiger partial charge in [0.2, 0.25) is 0 Å². The Morgan fingerprint density at radius 3 is 2.24 bits per heavy atom. The maximum atomic E-state index is 12.5. The predicted molar refractivity (Wildman–Crippen MR) is 108 cm³/mol. The van der Waals surface area contributed by atoms with E-state index in [0.717, 1.165) is 55.3 Å². The predicted octanol–water partition coefficient (Wildman–Crippen LogP) is -0.641. The number of hydrogen-bond acceptors (Lipinski definition) is 5. The van der Waals surface area contributed by atoms with Gasteiger partial charge in [-0.3, -0.25) is 9.69 Å². The third kappa shape index (κ3) is 5.26. The molecule has 154 valence electrons. The Morgan fingerprint density at radius 1 is 1.17 bits per heavy atom. The molecule has 7 nitrogen and oxygen atoms in total. The average molecular weight is 446 g/mol. The van der Waals surface area contributed by atoms with Crippen LogP contribution in [0.5, 0.6) is 0 Å². The summed E-state index contributed by atoms with van der Waals surface area (Å²) in [6, 6.07) is 1.47. The van der Waals surface area contributed by atoms with Crippen molar-refractivity contribution in [3.63, 3.8) is 0 Å². The molecule has 1 aromatic carbocycles. The minimum absolute atomic E-state index is 0. The second-order valence-corrected chi connectivity index (χ2v) is 10.8. The molecule has 29 heavy (non-hydrogen) atoms. The molecule has 0 atom stereocenters. The van der Waals surface area contributed by atoms with Gasteiger partial charge in [-0.1, -0.05) is 6.07 Å². The molecule has 0 unspecified atom stereocenters. The molecule has 2 aliphatic carbocycles. The first-order valence-corrected chi connectivity index (χ1v) is 11.5. The standard InChI is InChI=1S/C20H29N3O4S.K/c1-20(2,25)12-23-10-15(11-23)28(26,27)22-19(24)21-18-16-7-3-5-13(16)9-14-6-4-8-17(14)18;/h9,15,25H,3-8,10-12H2,1-2H3,(H2,21,22,24);/q;+1/p-1. The van der Waals surface area contributed by atoms with Crippen molar-refractivity contribution >= 4 is 21.7 Å². The number of nitrogens with zero attached hydrogens (tertiary/aromatic N) is 2. The molecule has 3 aliphatic rings. The number of hydrogen-bond donors (Lipinski definition) is 2. The fourth-order valence-electron chi connectivity index (χ4n) is 4.67. The van der Waals surface area contributed by atoms with Gasteiger partial charge in [0.05, 0.1) is 10.9 Å². The van der Waals surface area contributed by atoms with Gasteiger partial charge in [0.1, 0.15) is 0 Å². The molecule has 0 aromatic heterocycles. The third-order valence-corrected chi connectivity index (χ3v) is 7.43. The number of rotatable bonds is 5. The van der Waals surface area contributed by atoms with Crippen LogP contribution in [0, 0.1) is 0 Å². The van der Waals surface area contributed by atoms with Gasteiger partial charge in [-0.25, -0.2) is 8.42 Å². The Kier molecular flexibility index (Phi) is 7.22. The van der Waals surface area contributed by atoms with E-state index in [4.69, 9.17) is 0 Å². The quantitative estimate of drug-likeness (QED) is 0.587. The van der Waals surface area contributed by atoms with Crippen LogP contribution in [0.4, 0.5) is 10.5 Å². The minimum atomic E-state index is -3.87. The smallest absolute Gasteiger partial charge is 0.423 e. The average Bonchev–Trinajstić information content (AvgIpc) is 3.17. The van der Waals surface area contributed by atoms with E-state index in [1.807, 2.05) is 4.90 Å². The van der Waals surface area contributed by atoms with E-state index in [2.05, 4.69) is 16.1 Å². The van der Waals surface area contributed by atoms with Gasteiger partial charge >= 0.3 is 51.4 Å². The number of carbonyl (C=O) groups excluding carboxylic acids is 1. The zero-order chi connectivity index (χ0) is 20.1. The van der Waals surface area contributed by atoms with Gasteiger partial charge in [-0.2, -0.15) is 0 Å². The summed E-state index contributed by atoms with van der Waals surface area (Å²) in [5.41, 5.74) is 4.80. The van der Waals surface area contributed by atoms with E-state index in [1.54, 1.807) is 13.8 Å². The first-order chi connectivity index (χ1) is 13.1. The van der Waals surface area contributed by atoms with Gasteiger partial charge in [0, 0.05) is 19.6 Å². The maximum Gasteiger partial charge on any atom is 1.00 e. The number of β-amino-alcohol motifs (C(OH)–C–C–N with tert-alkyl or cyclic N) is 1. The van der Waals surface area contributed by atoms with Crippen LogP contribution < -0.4 is 56.7 Å². The van der Waals surface area contributed by atoms with Crippen molar-refractivity contribution < 1.29 is 69.7 Å². The van der Waals surface area contributed by atoms with Crippen LogP contribution in [0.2, 0.25) is 0 Å². The van der Waals surface area contributed by atoms with Crippen molar-refractivity contribution in [1.82, 2.24) is 4.90 Å². The van der Waals surface area contributed by atoms with Crippen molar-refractivity contribution in [2.24, 2.45) is 0 Å². The summed E-state index contributed by atoms with van der Waals surface area (Å²) in [5, 5.41) is 12.0. The summed E-state index contributed by atoms with van der Waals surface area (Å²) in [6.07, 6.45) is 5.99. The normalized spacial score (nSPS) is 19.1. The second kappa shape index (κ2) is 8.86. The van der Waals surface area contributed by atoms with Crippen LogP contribution in [0.15, 0.2) is 6.07 Å². The zero-order valence-electron chi connectivity index (χ0n) is 17.5. The number of sulfonamides is 1. The molecule has 1 aromatic rings. The summed E-state index contributed by atoms with van der Waals surface area (Å²) in [5.74, 6) is 0. The molecule has 0 bridgehead atoms. The molecule has 0 radical (unpaired) electrons. The number of aryl methyl sites for hydroxylation is 2. The molecule has 1 saturated heterocycles. The summed E-state index contributed by atoms with van der Waals surface area (Å²) in [7, 11) is -3.87. The Hall–Kier alpha value is -0.00364. The largest absolute Gasteiger partial charge is 1.00 e. The number of nitrogens with one attached hydrogen (secondary N) is 1. The Bertz CT molecular complexity index is 873. The number of benzene rings is 1. The summed E-state index contributed by atoms with van der Waals surface area (Å²) in [6.45, 7) is 4.35. The molecule has 0 saturated carbocycles. The van der Waals surface area contributed by atoms with Gasteiger partial charge in [-0.15, -0.1) is 0 Å². The topological polar surface area (TPSA) is 101 Å². The van der Waals surface area contributed by atoms with E-state index in [1.165, 1.54) is 11.1 Å². The van der Waals surface area contributed by atoms with Crippen molar-refractivity contribution in [2.45, 2.75) is 63.2 Å². The monoisotopic (exact) mass is 445 g/mol. The van der Waals surface area contributed by atoms with Crippen molar-refractivity contribution in [1.29, 1.82) is 0 Å². The van der Waals surface area contributed by atoms with E-state index >= 15 is 0 Å². The van der Waals surface area contributed by atoms with Crippen molar-refractivity contribution in [3.8, 4) is 0 Å². The summed E-state index contributed by atoms with van der Waals surface area (Å²) < 4.78 is 28.5. The first kappa shape index (κ1) is 23.7. The Balaban J connectivity index is 0.00000240. The SMILES string of the molecule is CC(C)(O)CN1CC(S(=O)(=O)[N-]C(=O)Nc2c3c(cc4c2CCC4)CCC3)C1.[K+]. The van der Waals surface area contributed by atoms with Crippen LogP contribution in [0.25, 0.3) is 4.72 Å². The van der Waals surface area contributed by atoms with E-state index in [-0.39, 0.29) is 51.4 Å². The van der Waals surface area contributed by atoms with E-state index in [9.17, 15) is 18.3 Å². The minimum Gasteiger partial charge on any atom is -0.423 e. The number of anilines is 1. The van der Waals surface area contributed by atoms with Gasteiger partial charge in [0.25, 0.3) is 0 Å². The number of urea groups is 1. The molecule has 4 rings (SSSR count). The van der Waals surface area contributed by atoms with Crippen LogP contribution in [0.1, 0.15) is 48.9 Å². The van der Waals surface area contributed by atoms with E-state index in [0.29, 0.717) is 19.6 Å². The molecular weight excluding hydrogens is 417 g/mol. The number of likely N-dealkylation sites (tertiary alicyclic amines) is 1. The molecule has 2 N–H and O–H groups in total. The van der Waals surface area contributed by atoms with Crippen LogP contribution in [-0.2, 0) is 35.7 Å². The molecule has 1 aliphatic heterocycles. The van der Waals surface area contributed by atoms with Crippen molar-refractivity contribution in [2.75, 3.05) is 25.0 Å². The zero-order valence-corrected chi connectivity index (χ0v) is 21.4. The van der Waals surface area contributed by atoms with Crippen LogP contribution in [0.3, 0.4) is 0 Å². The molecule has 1 fully saturated rings. The van der Waals surface area contributed by atoms with Crippen molar-refractivity contribution in [3.05, 3.63) is 33.0 Å². The first-order valence-electron chi connectivity index (χ1n) is 10.0. The third-order valence-electron chi connectivity index (χ3n) is 5.87. The molecule has 1 heterocycles. The molecule has 2 amide bonds. The van der Waals surface area contributed by atoms with Crippen LogP contribution in [-0.4, -0.2) is 54.9 Å². The van der Waals surface area contributed by atoms with Gasteiger partial charge in [0.15, 0.2) is 16.1 Å². The number of carbonyl (C=O) groups is 1. The fraction of sp³-hybridized carbons (Fsp3) is 0.650. The van der Waals surface area contributed by atoms with Crippen LogP contribution >= 0.6 is 0 Å². The fourth-order valence-corrected chi connectivity index (χ4v) is 5.90. The number of fused-ring (bicyclic) bond motifs is 2. The molecule has 0 spiro atoms. The van der Waals surface area contributed by atoms with Gasteiger partial charge in [-0.05, 0) is 80.3 Å². The van der Waals surface area contributed by atoms with Gasteiger partial charge < -0.3 is 15.1 Å². The molecular formula is C20H28KN3O4S. The number of amides is 2. The summed E-state index contributed by atoms with van der Waals surface area (Å²) >= 11 is 0. The van der Waals surface area contributed by atoms with E-state index < -0.39 is 26.9 Å². The molecule has 9 heteroatoms. The summed E-state index contributed by atoms with van der Waals surface area (Å²) in [4.78, 5) is 14.3.